The predicted molar refractivity (Wildman–Crippen MR) is 38.9 cm³/mol. The molecule has 0 rings (SSSR count). The molecule has 0 heterocycles. The SMILES string of the molecule is C[C@](O)(CC#N)[N+](C)(C)C.[Cl-]. The quantitative estimate of drug-likeness (QED) is 0.370. The van der Waals surface area contributed by atoms with E-state index < -0.39 is 5.72 Å². The molecular formula is C7H15ClN2O. The van der Waals surface area contributed by atoms with Gasteiger partial charge in [-0.05, 0) is 0 Å². The van der Waals surface area contributed by atoms with Crippen LogP contribution in [0.15, 0.2) is 0 Å². The van der Waals surface area contributed by atoms with E-state index >= 15 is 0 Å². The monoisotopic (exact) mass is 178 g/mol. The molecule has 0 aliphatic carbocycles. The summed E-state index contributed by atoms with van der Waals surface area (Å²) < 4.78 is 0.389. The normalized spacial score (nSPS) is 16.0. The first-order valence-corrected chi connectivity index (χ1v) is 3.22. The molecule has 0 aliphatic heterocycles. The van der Waals surface area contributed by atoms with Crippen molar-refractivity contribution < 1.29 is 22.0 Å². The van der Waals surface area contributed by atoms with E-state index in [-0.39, 0.29) is 18.8 Å². The Morgan fingerprint density at radius 3 is 1.91 bits per heavy atom. The lowest BCUT2D eigenvalue weighted by molar-refractivity contribution is -0.947. The number of halogens is 1. The smallest absolute Gasteiger partial charge is 0.210 e. The van der Waals surface area contributed by atoms with Crippen molar-refractivity contribution in [2.45, 2.75) is 19.1 Å². The molecule has 0 saturated carbocycles. The summed E-state index contributed by atoms with van der Waals surface area (Å²) in [5, 5.41) is 17.9. The third-order valence-electron chi connectivity index (χ3n) is 1.86. The van der Waals surface area contributed by atoms with Gasteiger partial charge in [0.1, 0.15) is 6.42 Å². The maximum atomic E-state index is 9.60. The van der Waals surface area contributed by atoms with E-state index in [1.807, 2.05) is 27.2 Å². The van der Waals surface area contributed by atoms with Crippen LogP contribution < -0.4 is 12.4 Å². The number of aliphatic hydroxyl groups is 1. The van der Waals surface area contributed by atoms with Gasteiger partial charge in [0.25, 0.3) is 0 Å². The molecule has 0 fully saturated rings. The lowest BCUT2D eigenvalue weighted by Gasteiger charge is -2.37. The molecule has 66 valence electrons. The van der Waals surface area contributed by atoms with Crippen molar-refractivity contribution in [1.29, 1.82) is 5.26 Å². The van der Waals surface area contributed by atoms with Gasteiger partial charge in [0.15, 0.2) is 0 Å². The summed E-state index contributed by atoms with van der Waals surface area (Å²) in [5.74, 6) is 0. The summed E-state index contributed by atoms with van der Waals surface area (Å²) in [5.41, 5.74) is -0.936. The number of rotatable bonds is 2. The first kappa shape index (κ1) is 13.3. The molecule has 0 aromatic heterocycles. The molecule has 0 radical (unpaired) electrons. The predicted octanol–water partition coefficient (Wildman–Crippen LogP) is -2.68. The van der Waals surface area contributed by atoms with E-state index in [0.29, 0.717) is 4.48 Å². The molecule has 0 aromatic carbocycles. The van der Waals surface area contributed by atoms with Gasteiger partial charge in [-0.15, -0.1) is 0 Å². The van der Waals surface area contributed by atoms with Crippen molar-refractivity contribution in [3.05, 3.63) is 0 Å². The van der Waals surface area contributed by atoms with Crippen LogP contribution in [0.1, 0.15) is 13.3 Å². The van der Waals surface area contributed by atoms with Gasteiger partial charge in [-0.1, -0.05) is 0 Å². The van der Waals surface area contributed by atoms with Gasteiger partial charge in [0, 0.05) is 6.92 Å². The maximum Gasteiger partial charge on any atom is 0.210 e. The molecule has 0 aliphatic rings. The Balaban J connectivity index is 0. The molecule has 0 saturated heterocycles. The highest BCUT2D eigenvalue weighted by atomic mass is 35.5. The third kappa shape index (κ3) is 3.57. The molecule has 0 aromatic rings. The Kier molecular flexibility index (Phi) is 4.73. The highest BCUT2D eigenvalue weighted by Crippen LogP contribution is 2.17. The average Bonchev–Trinajstić information content (AvgIpc) is 1.61. The molecule has 11 heavy (non-hydrogen) atoms. The minimum absolute atomic E-state index is 0. The topological polar surface area (TPSA) is 44.0 Å². The van der Waals surface area contributed by atoms with E-state index in [9.17, 15) is 5.11 Å². The van der Waals surface area contributed by atoms with Crippen LogP contribution in [0.4, 0.5) is 0 Å². The fourth-order valence-electron chi connectivity index (χ4n) is 0.387. The Morgan fingerprint density at radius 2 is 1.82 bits per heavy atom. The standard InChI is InChI=1S/C7H15N2O.ClH/c1-7(10,5-6-8)9(2,3)4;/h10H,5H2,1-4H3;1H/q+1;/p-1/t7-;/m0./s1. The Hall–Kier alpha value is -0.300. The number of nitrogens with zero attached hydrogens (tertiary/aromatic N) is 2. The number of nitriles is 1. The van der Waals surface area contributed by atoms with E-state index in [1.165, 1.54) is 0 Å². The summed E-state index contributed by atoms with van der Waals surface area (Å²) in [4.78, 5) is 0. The van der Waals surface area contributed by atoms with Crippen LogP contribution in [-0.4, -0.2) is 36.5 Å². The van der Waals surface area contributed by atoms with Gasteiger partial charge in [-0.3, -0.25) is 0 Å². The van der Waals surface area contributed by atoms with Crippen LogP contribution in [0.2, 0.25) is 0 Å². The molecule has 0 bridgehead atoms. The van der Waals surface area contributed by atoms with Gasteiger partial charge in [-0.25, -0.2) is 0 Å². The summed E-state index contributed by atoms with van der Waals surface area (Å²) in [6.45, 7) is 1.66. The average molecular weight is 179 g/mol. The maximum absolute atomic E-state index is 9.60. The first-order valence-electron chi connectivity index (χ1n) is 3.22. The minimum Gasteiger partial charge on any atom is -1.00 e. The van der Waals surface area contributed by atoms with E-state index in [4.69, 9.17) is 5.26 Å². The minimum atomic E-state index is -0.936. The highest BCUT2D eigenvalue weighted by Gasteiger charge is 2.34. The Morgan fingerprint density at radius 1 is 1.45 bits per heavy atom. The lowest BCUT2D eigenvalue weighted by Crippen LogP contribution is -3.00. The second-order valence-corrected chi connectivity index (χ2v) is 3.56. The largest absolute Gasteiger partial charge is 1.00 e. The number of hydrogen-bond acceptors (Lipinski definition) is 2. The molecule has 3 nitrogen and oxygen atoms in total. The van der Waals surface area contributed by atoms with Crippen LogP contribution in [0.5, 0.6) is 0 Å². The van der Waals surface area contributed by atoms with Crippen LogP contribution >= 0.6 is 0 Å². The van der Waals surface area contributed by atoms with Gasteiger partial charge < -0.3 is 22.0 Å². The second-order valence-electron chi connectivity index (χ2n) is 3.56. The molecule has 0 amide bonds. The summed E-state index contributed by atoms with van der Waals surface area (Å²) >= 11 is 0. The van der Waals surface area contributed by atoms with Gasteiger partial charge >= 0.3 is 0 Å². The molecule has 1 N–H and O–H groups in total. The van der Waals surface area contributed by atoms with Crippen molar-refractivity contribution in [3.63, 3.8) is 0 Å². The van der Waals surface area contributed by atoms with Crippen LogP contribution in [-0.2, 0) is 0 Å². The van der Waals surface area contributed by atoms with Crippen LogP contribution in [0.25, 0.3) is 0 Å². The second kappa shape index (κ2) is 3.91. The zero-order valence-corrected chi connectivity index (χ0v) is 8.18. The van der Waals surface area contributed by atoms with Crippen molar-refractivity contribution >= 4 is 0 Å². The molecular weight excluding hydrogens is 164 g/mol. The highest BCUT2D eigenvalue weighted by molar-refractivity contribution is 4.78. The van der Waals surface area contributed by atoms with Crippen LogP contribution in [0.3, 0.4) is 0 Å². The van der Waals surface area contributed by atoms with Crippen molar-refractivity contribution in [3.8, 4) is 6.07 Å². The van der Waals surface area contributed by atoms with E-state index in [2.05, 4.69) is 0 Å². The molecule has 0 spiro atoms. The van der Waals surface area contributed by atoms with Crippen molar-refractivity contribution in [2.24, 2.45) is 0 Å². The number of hydrogen-bond donors (Lipinski definition) is 1. The summed E-state index contributed by atoms with van der Waals surface area (Å²) in [7, 11) is 5.58. The Labute approximate surface area is 74.2 Å². The Bertz CT molecular complexity index is 155. The summed E-state index contributed by atoms with van der Waals surface area (Å²) in [6.07, 6.45) is 0.163. The fraction of sp³-hybridized carbons (Fsp3) is 0.857. The first-order chi connectivity index (χ1) is 4.31. The lowest BCUT2D eigenvalue weighted by atomic mass is 10.1. The van der Waals surface area contributed by atoms with Crippen molar-refractivity contribution in [2.75, 3.05) is 21.1 Å². The van der Waals surface area contributed by atoms with Crippen molar-refractivity contribution in [1.82, 2.24) is 0 Å². The fourth-order valence-corrected chi connectivity index (χ4v) is 0.387. The summed E-state index contributed by atoms with van der Waals surface area (Å²) in [6, 6.07) is 1.95. The van der Waals surface area contributed by atoms with Gasteiger partial charge in [-0.2, -0.15) is 5.26 Å². The molecule has 1 atom stereocenters. The molecule has 4 heteroatoms. The zero-order valence-electron chi connectivity index (χ0n) is 7.43. The van der Waals surface area contributed by atoms with Gasteiger partial charge in [0.05, 0.1) is 27.2 Å². The van der Waals surface area contributed by atoms with E-state index in [1.54, 1.807) is 6.92 Å². The molecule has 0 unspecified atom stereocenters. The van der Waals surface area contributed by atoms with E-state index in [0.717, 1.165) is 0 Å². The third-order valence-corrected chi connectivity index (χ3v) is 1.86. The van der Waals surface area contributed by atoms with Gasteiger partial charge in [0.2, 0.25) is 5.72 Å². The zero-order chi connectivity index (χ0) is 8.41. The number of quaternary nitrogens is 1. The van der Waals surface area contributed by atoms with Crippen LogP contribution in [0, 0.1) is 11.3 Å².